The predicted octanol–water partition coefficient (Wildman–Crippen LogP) is 5.21. The van der Waals surface area contributed by atoms with Gasteiger partial charge in [-0.05, 0) is 59.3 Å². The third-order valence-corrected chi connectivity index (χ3v) is 3.55. The molecule has 0 amide bonds. The van der Waals surface area contributed by atoms with Gasteiger partial charge in [-0.3, -0.25) is 9.97 Å². The maximum Gasteiger partial charge on any atom is 0.130 e. The van der Waals surface area contributed by atoms with Crippen molar-refractivity contribution in [2.45, 2.75) is 0 Å². The van der Waals surface area contributed by atoms with Crippen molar-refractivity contribution in [1.82, 2.24) is 9.97 Å². The number of pyridine rings is 2. The molecule has 0 aliphatic heterocycles. The maximum atomic E-state index is 5.86. The molecule has 4 rings (SSSR count). The standard InChI is InChI=1S/C20H14N2O2/c1-3-19(23-17-5-9-21-10-6-17)13-16-14-20(4-2-15(1)16)24-18-7-11-22-12-8-18/h1-14H. The number of hydrogen-bond acceptors (Lipinski definition) is 4. The zero-order valence-electron chi connectivity index (χ0n) is 12.8. The topological polar surface area (TPSA) is 44.2 Å². The lowest BCUT2D eigenvalue weighted by Crippen LogP contribution is -1.86. The van der Waals surface area contributed by atoms with Crippen LogP contribution in [0.25, 0.3) is 10.8 Å². The Labute approximate surface area is 139 Å². The molecule has 116 valence electrons. The number of nitrogens with zero attached hydrogens (tertiary/aromatic N) is 2. The van der Waals surface area contributed by atoms with Gasteiger partial charge in [-0.1, -0.05) is 12.1 Å². The maximum absolute atomic E-state index is 5.86. The smallest absolute Gasteiger partial charge is 0.130 e. The Kier molecular flexibility index (Phi) is 3.78. The molecule has 4 aromatic rings. The van der Waals surface area contributed by atoms with Crippen molar-refractivity contribution >= 4 is 10.8 Å². The average Bonchev–Trinajstić information content (AvgIpc) is 2.63. The van der Waals surface area contributed by atoms with Gasteiger partial charge in [0, 0.05) is 24.8 Å². The third-order valence-electron chi connectivity index (χ3n) is 3.55. The van der Waals surface area contributed by atoms with Crippen molar-refractivity contribution in [2.75, 3.05) is 0 Å². The summed E-state index contributed by atoms with van der Waals surface area (Å²) in [6.07, 6.45) is 6.82. The van der Waals surface area contributed by atoms with Gasteiger partial charge >= 0.3 is 0 Å². The average molecular weight is 314 g/mol. The van der Waals surface area contributed by atoms with Gasteiger partial charge in [-0.2, -0.15) is 0 Å². The highest BCUT2D eigenvalue weighted by molar-refractivity contribution is 5.85. The predicted molar refractivity (Wildman–Crippen MR) is 92.6 cm³/mol. The van der Waals surface area contributed by atoms with Crippen molar-refractivity contribution in [3.05, 3.63) is 85.5 Å². The highest BCUT2D eigenvalue weighted by Gasteiger charge is 2.03. The minimum atomic E-state index is 0.758. The van der Waals surface area contributed by atoms with Crippen LogP contribution in [0.4, 0.5) is 0 Å². The van der Waals surface area contributed by atoms with Crippen molar-refractivity contribution in [3.63, 3.8) is 0 Å². The van der Waals surface area contributed by atoms with E-state index in [1.807, 2.05) is 60.7 Å². The van der Waals surface area contributed by atoms with E-state index < -0.39 is 0 Å². The Morgan fingerprint density at radius 1 is 0.458 bits per heavy atom. The van der Waals surface area contributed by atoms with Crippen molar-refractivity contribution in [1.29, 1.82) is 0 Å². The summed E-state index contributed by atoms with van der Waals surface area (Å²) in [4.78, 5) is 7.97. The van der Waals surface area contributed by atoms with Gasteiger partial charge in [0.15, 0.2) is 0 Å². The molecule has 0 aliphatic carbocycles. The van der Waals surface area contributed by atoms with Crippen molar-refractivity contribution in [2.24, 2.45) is 0 Å². The third kappa shape index (κ3) is 3.17. The van der Waals surface area contributed by atoms with E-state index in [0.29, 0.717) is 0 Å². The molecule has 2 heterocycles. The molecule has 4 heteroatoms. The van der Waals surface area contributed by atoms with Crippen LogP contribution in [0.5, 0.6) is 23.0 Å². The lowest BCUT2D eigenvalue weighted by molar-refractivity contribution is 0.481. The molecule has 2 aromatic heterocycles. The quantitative estimate of drug-likeness (QED) is 0.518. The number of benzene rings is 2. The van der Waals surface area contributed by atoms with E-state index in [2.05, 4.69) is 9.97 Å². The summed E-state index contributed by atoms with van der Waals surface area (Å²) < 4.78 is 11.7. The van der Waals surface area contributed by atoms with Crippen LogP contribution in [0.3, 0.4) is 0 Å². The Bertz CT molecular complexity index is 881. The van der Waals surface area contributed by atoms with Crippen LogP contribution < -0.4 is 9.47 Å². The molecule has 24 heavy (non-hydrogen) atoms. The second kappa shape index (κ2) is 6.38. The molecular formula is C20H14N2O2. The fraction of sp³-hybridized carbons (Fsp3) is 0. The monoisotopic (exact) mass is 314 g/mol. The summed E-state index contributed by atoms with van der Waals surface area (Å²) in [7, 11) is 0. The first-order valence-corrected chi connectivity index (χ1v) is 7.56. The Morgan fingerprint density at radius 2 is 0.917 bits per heavy atom. The van der Waals surface area contributed by atoms with Crippen molar-refractivity contribution < 1.29 is 9.47 Å². The van der Waals surface area contributed by atoms with E-state index in [0.717, 1.165) is 33.8 Å². The summed E-state index contributed by atoms with van der Waals surface area (Å²) in [6, 6.07) is 19.3. The van der Waals surface area contributed by atoms with E-state index >= 15 is 0 Å². The van der Waals surface area contributed by atoms with Gasteiger partial charge in [0.2, 0.25) is 0 Å². The van der Waals surface area contributed by atoms with Crippen LogP contribution in [0.2, 0.25) is 0 Å². The van der Waals surface area contributed by atoms with Crippen LogP contribution in [-0.2, 0) is 0 Å². The molecule has 0 atom stereocenters. The first-order chi connectivity index (χ1) is 11.9. The largest absolute Gasteiger partial charge is 0.457 e. The number of fused-ring (bicyclic) bond motifs is 1. The van der Waals surface area contributed by atoms with Gasteiger partial charge in [0.25, 0.3) is 0 Å². The summed E-state index contributed by atoms with van der Waals surface area (Å²) in [5, 5.41) is 2.17. The first kappa shape index (κ1) is 14.2. The summed E-state index contributed by atoms with van der Waals surface area (Å²) >= 11 is 0. The molecule has 0 N–H and O–H groups in total. The summed E-state index contributed by atoms with van der Waals surface area (Å²) in [5.41, 5.74) is 0. The minimum Gasteiger partial charge on any atom is -0.457 e. The molecule has 0 spiro atoms. The molecule has 0 saturated heterocycles. The van der Waals surface area contributed by atoms with Crippen LogP contribution in [0.1, 0.15) is 0 Å². The number of aromatic nitrogens is 2. The van der Waals surface area contributed by atoms with E-state index in [9.17, 15) is 0 Å². The fourth-order valence-corrected chi connectivity index (χ4v) is 2.41. The highest BCUT2D eigenvalue weighted by Crippen LogP contribution is 2.29. The lowest BCUT2D eigenvalue weighted by Gasteiger charge is -2.09. The lowest BCUT2D eigenvalue weighted by atomic mass is 10.1. The van der Waals surface area contributed by atoms with Crippen LogP contribution >= 0.6 is 0 Å². The molecule has 0 unspecified atom stereocenters. The highest BCUT2D eigenvalue weighted by atomic mass is 16.5. The van der Waals surface area contributed by atoms with Crippen LogP contribution in [0.15, 0.2) is 85.5 Å². The van der Waals surface area contributed by atoms with E-state index in [1.54, 1.807) is 24.8 Å². The molecule has 2 aromatic carbocycles. The van der Waals surface area contributed by atoms with Gasteiger partial charge in [0.1, 0.15) is 23.0 Å². The van der Waals surface area contributed by atoms with E-state index in [4.69, 9.17) is 9.47 Å². The Hall–Kier alpha value is -3.40. The van der Waals surface area contributed by atoms with E-state index in [1.165, 1.54) is 0 Å². The fourth-order valence-electron chi connectivity index (χ4n) is 2.41. The van der Waals surface area contributed by atoms with Crippen LogP contribution in [0, 0.1) is 0 Å². The minimum absolute atomic E-state index is 0.758. The second-order valence-corrected chi connectivity index (χ2v) is 5.24. The number of hydrogen-bond donors (Lipinski definition) is 0. The van der Waals surface area contributed by atoms with Gasteiger partial charge < -0.3 is 9.47 Å². The Balaban J connectivity index is 1.63. The molecular weight excluding hydrogens is 300 g/mol. The molecule has 0 bridgehead atoms. The molecule has 0 fully saturated rings. The summed E-state index contributed by atoms with van der Waals surface area (Å²) in [6.45, 7) is 0. The molecule has 4 nitrogen and oxygen atoms in total. The SMILES string of the molecule is c1cc(Oc2ccc3ccc(Oc4ccncc4)cc3c2)ccn1. The molecule has 0 saturated carbocycles. The van der Waals surface area contributed by atoms with Gasteiger partial charge in [-0.25, -0.2) is 0 Å². The van der Waals surface area contributed by atoms with Gasteiger partial charge in [0.05, 0.1) is 0 Å². The number of ether oxygens (including phenoxy) is 2. The number of rotatable bonds is 4. The van der Waals surface area contributed by atoms with E-state index in [-0.39, 0.29) is 0 Å². The van der Waals surface area contributed by atoms with Gasteiger partial charge in [-0.15, -0.1) is 0 Å². The first-order valence-electron chi connectivity index (χ1n) is 7.56. The summed E-state index contributed by atoms with van der Waals surface area (Å²) in [5.74, 6) is 3.06. The van der Waals surface area contributed by atoms with Crippen LogP contribution in [-0.4, -0.2) is 9.97 Å². The Morgan fingerprint density at radius 3 is 1.38 bits per heavy atom. The zero-order valence-corrected chi connectivity index (χ0v) is 12.8. The van der Waals surface area contributed by atoms with Crippen molar-refractivity contribution in [3.8, 4) is 23.0 Å². The molecule has 0 aliphatic rings. The normalized spacial score (nSPS) is 10.5. The molecule has 0 radical (unpaired) electrons. The second-order valence-electron chi connectivity index (χ2n) is 5.24. The zero-order chi connectivity index (χ0) is 16.2.